The molecule has 1 heterocycles. The van der Waals surface area contributed by atoms with Crippen molar-refractivity contribution in [2.24, 2.45) is 0 Å². The van der Waals surface area contributed by atoms with Gasteiger partial charge in [-0.15, -0.1) is 0 Å². The summed E-state index contributed by atoms with van der Waals surface area (Å²) in [6.07, 6.45) is 3.67. The van der Waals surface area contributed by atoms with E-state index in [0.29, 0.717) is 12.2 Å². The molecule has 0 bridgehead atoms. The molecule has 1 aliphatic heterocycles. The highest BCUT2D eigenvalue weighted by Crippen LogP contribution is 2.21. The summed E-state index contributed by atoms with van der Waals surface area (Å²) in [5, 5.41) is 2.87. The van der Waals surface area contributed by atoms with Crippen molar-refractivity contribution in [1.29, 1.82) is 0 Å². The van der Waals surface area contributed by atoms with E-state index < -0.39 is 16.1 Å². The second kappa shape index (κ2) is 9.62. The maximum atomic E-state index is 12.7. The van der Waals surface area contributed by atoms with Crippen LogP contribution < -0.4 is 9.62 Å². The third-order valence-electron chi connectivity index (χ3n) is 5.47. The Balaban J connectivity index is 1.61. The van der Waals surface area contributed by atoms with Gasteiger partial charge in [-0.05, 0) is 63.0 Å². The van der Waals surface area contributed by atoms with Gasteiger partial charge < -0.3 is 5.32 Å². The number of nitrogens with zero attached hydrogens (tertiary/aromatic N) is 2. The number of hydrogen-bond acceptors (Lipinski definition) is 4. The number of benzene rings is 2. The molecular formula is C23H31N3O3S. The summed E-state index contributed by atoms with van der Waals surface area (Å²) in [7, 11) is -3.61. The van der Waals surface area contributed by atoms with Crippen molar-refractivity contribution in [2.45, 2.75) is 45.8 Å². The zero-order valence-corrected chi connectivity index (χ0v) is 18.8. The van der Waals surface area contributed by atoms with Gasteiger partial charge in [0.1, 0.15) is 6.04 Å². The molecule has 6 nitrogen and oxygen atoms in total. The molecule has 30 heavy (non-hydrogen) atoms. The van der Waals surface area contributed by atoms with Gasteiger partial charge in [0.05, 0.1) is 11.9 Å². The summed E-state index contributed by atoms with van der Waals surface area (Å²) < 4.78 is 25.9. The minimum atomic E-state index is -3.61. The van der Waals surface area contributed by atoms with Gasteiger partial charge in [-0.2, -0.15) is 0 Å². The Bertz CT molecular complexity index is 950. The summed E-state index contributed by atoms with van der Waals surface area (Å²) in [6, 6.07) is 14.5. The van der Waals surface area contributed by atoms with Gasteiger partial charge >= 0.3 is 0 Å². The molecule has 0 aliphatic carbocycles. The zero-order valence-electron chi connectivity index (χ0n) is 18.0. The summed E-state index contributed by atoms with van der Waals surface area (Å²) in [5.41, 5.74) is 3.76. The van der Waals surface area contributed by atoms with E-state index in [1.54, 1.807) is 19.1 Å². The number of likely N-dealkylation sites (tertiary alicyclic amines) is 1. The fourth-order valence-electron chi connectivity index (χ4n) is 3.80. The summed E-state index contributed by atoms with van der Waals surface area (Å²) in [5.74, 6) is -0.331. The SMILES string of the molecule is Cc1ccc(N(C(C)C(=O)NCc2ccc(CN3CCCC3)cc2)S(C)(=O)=O)cc1. The quantitative estimate of drug-likeness (QED) is 0.700. The van der Waals surface area contributed by atoms with Crippen molar-refractivity contribution in [3.05, 3.63) is 65.2 Å². The predicted octanol–water partition coefficient (Wildman–Crippen LogP) is 3.06. The Morgan fingerprint density at radius 2 is 1.60 bits per heavy atom. The van der Waals surface area contributed by atoms with Crippen LogP contribution in [0, 0.1) is 6.92 Å². The Kier molecular flexibility index (Phi) is 7.15. The first kappa shape index (κ1) is 22.3. The van der Waals surface area contributed by atoms with Crippen LogP contribution in [0.5, 0.6) is 0 Å². The number of amides is 1. The van der Waals surface area contributed by atoms with Gasteiger partial charge in [0.25, 0.3) is 0 Å². The van der Waals surface area contributed by atoms with Crippen molar-refractivity contribution in [2.75, 3.05) is 23.7 Å². The van der Waals surface area contributed by atoms with E-state index in [1.807, 2.05) is 31.2 Å². The molecule has 0 spiro atoms. The van der Waals surface area contributed by atoms with Gasteiger partial charge in [0, 0.05) is 13.1 Å². The average Bonchev–Trinajstić information content (AvgIpc) is 3.21. The normalized spacial score (nSPS) is 15.7. The average molecular weight is 430 g/mol. The number of aryl methyl sites for hydroxylation is 1. The molecule has 1 fully saturated rings. The van der Waals surface area contributed by atoms with E-state index in [4.69, 9.17) is 0 Å². The first-order valence-electron chi connectivity index (χ1n) is 10.4. The number of carbonyl (C=O) groups is 1. The fourth-order valence-corrected chi connectivity index (χ4v) is 4.97. The summed E-state index contributed by atoms with van der Waals surface area (Å²) >= 11 is 0. The highest BCUT2D eigenvalue weighted by Gasteiger charge is 2.28. The van der Waals surface area contributed by atoms with Crippen LogP contribution >= 0.6 is 0 Å². The minimum Gasteiger partial charge on any atom is -0.350 e. The number of rotatable bonds is 8. The van der Waals surface area contributed by atoms with E-state index in [-0.39, 0.29) is 5.91 Å². The Morgan fingerprint density at radius 1 is 1.03 bits per heavy atom. The van der Waals surface area contributed by atoms with Crippen LogP contribution in [0.1, 0.15) is 36.5 Å². The Morgan fingerprint density at radius 3 is 2.17 bits per heavy atom. The standard InChI is InChI=1S/C23H31N3O3S/c1-18-6-12-22(13-7-18)26(30(3,28)29)19(2)23(27)24-16-20-8-10-21(11-9-20)17-25-14-4-5-15-25/h6-13,19H,4-5,14-17H2,1-3H3,(H,24,27). The molecule has 1 unspecified atom stereocenters. The largest absolute Gasteiger partial charge is 0.350 e. The molecule has 2 aromatic carbocycles. The summed E-state index contributed by atoms with van der Waals surface area (Å²) in [4.78, 5) is 15.2. The van der Waals surface area contributed by atoms with Crippen LogP contribution in [0.2, 0.25) is 0 Å². The van der Waals surface area contributed by atoms with Gasteiger partial charge in [0.2, 0.25) is 15.9 Å². The van der Waals surface area contributed by atoms with E-state index >= 15 is 0 Å². The minimum absolute atomic E-state index is 0.331. The Labute approximate surface area is 179 Å². The number of anilines is 1. The maximum absolute atomic E-state index is 12.7. The lowest BCUT2D eigenvalue weighted by atomic mass is 10.1. The molecule has 0 aromatic heterocycles. The smallest absolute Gasteiger partial charge is 0.243 e. The first-order valence-corrected chi connectivity index (χ1v) is 12.2. The molecule has 7 heteroatoms. The molecule has 0 radical (unpaired) electrons. The lowest BCUT2D eigenvalue weighted by Crippen LogP contribution is -2.47. The van der Waals surface area contributed by atoms with Crippen molar-refractivity contribution < 1.29 is 13.2 Å². The van der Waals surface area contributed by atoms with E-state index in [0.717, 1.165) is 37.0 Å². The van der Waals surface area contributed by atoms with Crippen LogP contribution in [0.4, 0.5) is 5.69 Å². The number of sulfonamides is 1. The van der Waals surface area contributed by atoms with Crippen LogP contribution in [-0.2, 0) is 27.9 Å². The second-order valence-electron chi connectivity index (χ2n) is 8.09. The van der Waals surface area contributed by atoms with Crippen LogP contribution in [-0.4, -0.2) is 44.6 Å². The second-order valence-corrected chi connectivity index (χ2v) is 9.95. The molecule has 1 atom stereocenters. The highest BCUT2D eigenvalue weighted by atomic mass is 32.2. The van der Waals surface area contributed by atoms with Crippen molar-refractivity contribution in [3.8, 4) is 0 Å². The van der Waals surface area contributed by atoms with Gasteiger partial charge in [-0.25, -0.2) is 8.42 Å². The molecule has 0 saturated carbocycles. The lowest BCUT2D eigenvalue weighted by Gasteiger charge is -2.28. The lowest BCUT2D eigenvalue weighted by molar-refractivity contribution is -0.122. The molecular weight excluding hydrogens is 398 g/mol. The summed E-state index contributed by atoms with van der Waals surface area (Å²) in [6.45, 7) is 7.18. The van der Waals surface area contributed by atoms with Crippen LogP contribution in [0.25, 0.3) is 0 Å². The number of nitrogens with one attached hydrogen (secondary N) is 1. The van der Waals surface area contributed by atoms with Gasteiger partial charge in [0.15, 0.2) is 0 Å². The number of hydrogen-bond donors (Lipinski definition) is 1. The molecule has 162 valence electrons. The monoisotopic (exact) mass is 429 g/mol. The third-order valence-corrected chi connectivity index (χ3v) is 6.71. The van der Waals surface area contributed by atoms with Gasteiger partial charge in [-0.3, -0.25) is 14.0 Å². The molecule has 2 aromatic rings. The highest BCUT2D eigenvalue weighted by molar-refractivity contribution is 7.92. The van der Waals surface area contributed by atoms with Crippen LogP contribution in [0.3, 0.4) is 0 Å². The molecule has 1 saturated heterocycles. The topological polar surface area (TPSA) is 69.7 Å². The van der Waals surface area contributed by atoms with E-state index in [9.17, 15) is 13.2 Å². The molecule has 1 amide bonds. The molecule has 3 rings (SSSR count). The molecule has 1 aliphatic rings. The fraction of sp³-hybridized carbons (Fsp3) is 0.435. The third kappa shape index (κ3) is 5.83. The van der Waals surface area contributed by atoms with Gasteiger partial charge in [-0.1, -0.05) is 42.0 Å². The first-order chi connectivity index (χ1) is 14.2. The number of carbonyl (C=O) groups excluding carboxylic acids is 1. The predicted molar refractivity (Wildman–Crippen MR) is 121 cm³/mol. The van der Waals surface area contributed by atoms with Crippen molar-refractivity contribution in [1.82, 2.24) is 10.2 Å². The zero-order chi connectivity index (χ0) is 21.7. The van der Waals surface area contributed by atoms with Crippen molar-refractivity contribution in [3.63, 3.8) is 0 Å². The molecule has 1 N–H and O–H groups in total. The van der Waals surface area contributed by atoms with E-state index in [1.165, 1.54) is 22.7 Å². The maximum Gasteiger partial charge on any atom is 0.243 e. The Hall–Kier alpha value is -2.38. The van der Waals surface area contributed by atoms with Crippen molar-refractivity contribution >= 4 is 21.6 Å². The van der Waals surface area contributed by atoms with Crippen LogP contribution in [0.15, 0.2) is 48.5 Å². The van der Waals surface area contributed by atoms with E-state index in [2.05, 4.69) is 22.3 Å².